The number of ether oxygens (including phenoxy) is 2. The first-order valence-electron chi connectivity index (χ1n) is 8.90. The Morgan fingerprint density at radius 1 is 1.04 bits per heavy atom. The van der Waals surface area contributed by atoms with Gasteiger partial charge in [-0.05, 0) is 52.7 Å². The molecule has 0 heterocycles. The van der Waals surface area contributed by atoms with Gasteiger partial charge in [-0.3, -0.25) is 20.4 Å². The number of para-hydroxylation sites is 1. The molecule has 0 fully saturated rings. The van der Waals surface area contributed by atoms with E-state index in [-0.39, 0.29) is 6.61 Å². The van der Waals surface area contributed by atoms with Crippen LogP contribution in [0.4, 0.5) is 0 Å². The molecule has 0 unspecified atom stereocenters. The number of carbonyl (C=O) groups excluding carboxylic acids is 2. The third kappa shape index (κ3) is 7.05. The molecule has 2 aromatic carbocycles. The highest BCUT2D eigenvalue weighted by Crippen LogP contribution is 2.27. The van der Waals surface area contributed by atoms with E-state index in [4.69, 9.17) is 21.1 Å². The molecule has 0 saturated carbocycles. The van der Waals surface area contributed by atoms with Gasteiger partial charge >= 0.3 is 0 Å². The van der Waals surface area contributed by atoms with Crippen LogP contribution in [0.3, 0.4) is 0 Å². The Morgan fingerprint density at radius 3 is 2.57 bits per heavy atom. The molecule has 150 valence electrons. The number of carbonyl (C=O) groups is 2. The van der Waals surface area contributed by atoms with Crippen molar-refractivity contribution in [3.8, 4) is 11.5 Å². The number of halogens is 2. The predicted molar refractivity (Wildman–Crippen MR) is 112 cm³/mol. The quantitative estimate of drug-likeness (QED) is 0.418. The van der Waals surface area contributed by atoms with Gasteiger partial charge in [0.25, 0.3) is 11.8 Å². The minimum absolute atomic E-state index is 0.268. The highest BCUT2D eigenvalue weighted by molar-refractivity contribution is 9.10. The minimum atomic E-state index is -0.503. The fourth-order valence-electron chi connectivity index (χ4n) is 2.28. The molecule has 0 radical (unpaired) electrons. The highest BCUT2D eigenvalue weighted by atomic mass is 79.9. The van der Waals surface area contributed by atoms with Crippen molar-refractivity contribution in [3.63, 3.8) is 0 Å². The lowest BCUT2D eigenvalue weighted by Crippen LogP contribution is -2.44. The van der Waals surface area contributed by atoms with E-state index < -0.39 is 11.8 Å². The van der Waals surface area contributed by atoms with Gasteiger partial charge < -0.3 is 9.47 Å². The summed E-state index contributed by atoms with van der Waals surface area (Å²) in [5.41, 5.74) is 5.04. The highest BCUT2D eigenvalue weighted by Gasteiger charge is 2.13. The molecule has 6 nitrogen and oxygen atoms in total. The van der Waals surface area contributed by atoms with E-state index in [2.05, 4.69) is 33.7 Å². The normalized spacial score (nSPS) is 10.2. The van der Waals surface area contributed by atoms with Gasteiger partial charge in [-0.1, -0.05) is 43.5 Å². The van der Waals surface area contributed by atoms with Gasteiger partial charge in [0, 0.05) is 5.02 Å². The summed E-state index contributed by atoms with van der Waals surface area (Å²) in [5, 5.41) is 0.548. The zero-order valence-corrected chi connectivity index (χ0v) is 17.8. The first-order valence-corrected chi connectivity index (χ1v) is 10.1. The number of unbranched alkanes of at least 4 members (excludes halogenated alkanes) is 2. The summed E-state index contributed by atoms with van der Waals surface area (Å²) in [6.07, 6.45) is 3.07. The molecule has 0 aliphatic heterocycles. The standard InChI is InChI=1S/C20H22BrClN2O4/c1-2-3-6-11-27-17-8-5-4-7-15(17)20(26)24-23-19(25)13-28-18-10-9-14(22)12-16(18)21/h4-5,7-10,12H,2-3,6,11,13H2,1H3,(H,23,25)(H,24,26). The topological polar surface area (TPSA) is 76.7 Å². The molecule has 0 spiro atoms. The lowest BCUT2D eigenvalue weighted by atomic mass is 10.2. The fourth-order valence-corrected chi connectivity index (χ4v) is 3.08. The molecule has 0 atom stereocenters. The Morgan fingerprint density at radius 2 is 1.82 bits per heavy atom. The molecule has 0 aliphatic carbocycles. The Balaban J connectivity index is 1.83. The Kier molecular flexibility index (Phi) is 9.10. The number of benzene rings is 2. The van der Waals surface area contributed by atoms with Crippen LogP contribution in [0.5, 0.6) is 11.5 Å². The lowest BCUT2D eigenvalue weighted by molar-refractivity contribution is -0.123. The molecular weight excluding hydrogens is 448 g/mol. The van der Waals surface area contributed by atoms with Crippen molar-refractivity contribution in [2.24, 2.45) is 0 Å². The summed E-state index contributed by atoms with van der Waals surface area (Å²) in [7, 11) is 0. The van der Waals surface area contributed by atoms with Crippen molar-refractivity contribution in [1.29, 1.82) is 0 Å². The minimum Gasteiger partial charge on any atom is -0.493 e. The van der Waals surface area contributed by atoms with Crippen molar-refractivity contribution >= 4 is 39.3 Å². The van der Waals surface area contributed by atoms with Crippen molar-refractivity contribution in [2.45, 2.75) is 26.2 Å². The Hall–Kier alpha value is -2.25. The second-order valence-electron chi connectivity index (χ2n) is 5.92. The van der Waals surface area contributed by atoms with E-state index in [9.17, 15) is 9.59 Å². The number of amides is 2. The van der Waals surface area contributed by atoms with Crippen molar-refractivity contribution in [3.05, 3.63) is 57.5 Å². The molecule has 0 aromatic heterocycles. The van der Waals surface area contributed by atoms with Gasteiger partial charge in [-0.2, -0.15) is 0 Å². The Bertz CT molecular complexity index is 817. The number of hydrogen-bond acceptors (Lipinski definition) is 4. The maximum absolute atomic E-state index is 12.4. The molecule has 2 amide bonds. The van der Waals surface area contributed by atoms with Crippen LogP contribution in [-0.4, -0.2) is 25.0 Å². The summed E-state index contributed by atoms with van der Waals surface area (Å²) in [6.45, 7) is 2.38. The smallest absolute Gasteiger partial charge is 0.276 e. The summed E-state index contributed by atoms with van der Waals surface area (Å²) in [6, 6.07) is 11.8. The zero-order chi connectivity index (χ0) is 20.4. The summed E-state index contributed by atoms with van der Waals surface area (Å²) >= 11 is 9.16. The molecule has 0 aliphatic rings. The molecule has 8 heteroatoms. The van der Waals surface area contributed by atoms with Crippen LogP contribution < -0.4 is 20.3 Å². The van der Waals surface area contributed by atoms with Gasteiger partial charge in [0.05, 0.1) is 16.6 Å². The number of hydrogen-bond donors (Lipinski definition) is 2. The lowest BCUT2D eigenvalue weighted by Gasteiger charge is -2.13. The van der Waals surface area contributed by atoms with Crippen molar-refractivity contribution in [2.75, 3.05) is 13.2 Å². The fraction of sp³-hybridized carbons (Fsp3) is 0.300. The second kappa shape index (κ2) is 11.6. The van der Waals surface area contributed by atoms with Crippen LogP contribution in [0, 0.1) is 0 Å². The maximum Gasteiger partial charge on any atom is 0.276 e. The van der Waals surface area contributed by atoms with Crippen LogP contribution in [0.15, 0.2) is 46.9 Å². The van der Waals surface area contributed by atoms with E-state index in [1.165, 1.54) is 0 Å². The summed E-state index contributed by atoms with van der Waals surface area (Å²) < 4.78 is 11.7. The molecule has 2 rings (SSSR count). The van der Waals surface area contributed by atoms with Crippen molar-refractivity contribution in [1.82, 2.24) is 10.9 Å². The second-order valence-corrected chi connectivity index (χ2v) is 7.21. The predicted octanol–water partition coefficient (Wildman–Crippen LogP) is 4.51. The summed E-state index contributed by atoms with van der Waals surface area (Å²) in [4.78, 5) is 24.3. The number of rotatable bonds is 9. The SMILES string of the molecule is CCCCCOc1ccccc1C(=O)NNC(=O)COc1ccc(Cl)cc1Br. The molecular formula is C20H22BrClN2O4. The maximum atomic E-state index is 12.4. The molecule has 2 aromatic rings. The van der Waals surface area contributed by atoms with Gasteiger partial charge in [-0.15, -0.1) is 0 Å². The van der Waals surface area contributed by atoms with E-state index >= 15 is 0 Å². The summed E-state index contributed by atoms with van der Waals surface area (Å²) in [5.74, 6) is -0.0212. The van der Waals surface area contributed by atoms with Crippen LogP contribution in [0.1, 0.15) is 36.5 Å². The first kappa shape index (κ1) is 22.0. The van der Waals surface area contributed by atoms with Gasteiger partial charge in [0.1, 0.15) is 11.5 Å². The van der Waals surface area contributed by atoms with Crippen LogP contribution in [-0.2, 0) is 4.79 Å². The van der Waals surface area contributed by atoms with Gasteiger partial charge in [0.15, 0.2) is 6.61 Å². The van der Waals surface area contributed by atoms with E-state index in [0.29, 0.717) is 33.2 Å². The van der Waals surface area contributed by atoms with Crippen LogP contribution >= 0.6 is 27.5 Å². The average molecular weight is 470 g/mol. The van der Waals surface area contributed by atoms with E-state index in [1.54, 1.807) is 42.5 Å². The van der Waals surface area contributed by atoms with Crippen molar-refractivity contribution < 1.29 is 19.1 Å². The zero-order valence-electron chi connectivity index (χ0n) is 15.5. The van der Waals surface area contributed by atoms with Crippen LogP contribution in [0.25, 0.3) is 0 Å². The average Bonchev–Trinajstić information content (AvgIpc) is 2.69. The Labute approximate surface area is 177 Å². The number of hydrazine groups is 1. The third-order valence-corrected chi connectivity index (χ3v) is 4.56. The molecule has 0 saturated heterocycles. The first-order chi connectivity index (χ1) is 13.5. The van der Waals surface area contributed by atoms with Gasteiger partial charge in [0.2, 0.25) is 0 Å². The third-order valence-electron chi connectivity index (χ3n) is 3.71. The largest absolute Gasteiger partial charge is 0.493 e. The monoisotopic (exact) mass is 468 g/mol. The number of nitrogens with one attached hydrogen (secondary N) is 2. The van der Waals surface area contributed by atoms with Crippen LogP contribution in [0.2, 0.25) is 5.02 Å². The van der Waals surface area contributed by atoms with E-state index in [1.807, 2.05) is 0 Å². The molecule has 28 heavy (non-hydrogen) atoms. The molecule has 0 bridgehead atoms. The molecule has 2 N–H and O–H groups in total. The van der Waals surface area contributed by atoms with Gasteiger partial charge in [-0.25, -0.2) is 0 Å². The van der Waals surface area contributed by atoms with E-state index in [0.717, 1.165) is 19.3 Å².